The number of benzene rings is 2. The van der Waals surface area contributed by atoms with Crippen LogP contribution in [0.5, 0.6) is 0 Å². The van der Waals surface area contributed by atoms with Crippen molar-refractivity contribution in [2.75, 3.05) is 19.6 Å². The van der Waals surface area contributed by atoms with E-state index in [1.165, 1.54) is 5.56 Å². The molecule has 0 aliphatic carbocycles. The van der Waals surface area contributed by atoms with Gasteiger partial charge in [-0.2, -0.15) is 0 Å². The fraction of sp³-hybridized carbons (Fsp3) is 0.391. The normalized spacial score (nSPS) is 20.9. The summed E-state index contributed by atoms with van der Waals surface area (Å²) in [5.74, 6) is 0.530. The molecule has 2 amide bonds. The highest BCUT2D eigenvalue weighted by Gasteiger charge is 2.41. The number of rotatable bonds is 5. The Morgan fingerprint density at radius 1 is 1.11 bits per heavy atom. The van der Waals surface area contributed by atoms with Gasteiger partial charge in [-0.15, -0.1) is 0 Å². The van der Waals surface area contributed by atoms with E-state index in [4.69, 9.17) is 0 Å². The van der Waals surface area contributed by atoms with Crippen LogP contribution in [0.15, 0.2) is 59.1 Å². The van der Waals surface area contributed by atoms with E-state index in [0.717, 1.165) is 29.5 Å². The van der Waals surface area contributed by atoms with Crippen molar-refractivity contribution in [3.8, 4) is 0 Å². The van der Waals surface area contributed by atoms with Gasteiger partial charge in [-0.05, 0) is 42.5 Å². The average molecular weight is 441 g/mol. The number of hydrogen-bond donors (Lipinski definition) is 0. The zero-order chi connectivity index (χ0) is 19.7. The van der Waals surface area contributed by atoms with Crippen LogP contribution in [0.1, 0.15) is 30.5 Å². The third kappa shape index (κ3) is 4.00. The molecule has 2 heterocycles. The van der Waals surface area contributed by atoms with E-state index in [1.807, 2.05) is 59.2 Å². The SMILES string of the molecule is CC(c1ccccc1)N1CC(C(=O)N2CC(Cc3cccc(Br)c3)C2)CC1=O. The number of likely N-dealkylation sites (tertiary alicyclic amines) is 2. The topological polar surface area (TPSA) is 40.6 Å². The Labute approximate surface area is 174 Å². The fourth-order valence-corrected chi connectivity index (χ4v) is 4.76. The number of carbonyl (C=O) groups is 2. The second kappa shape index (κ2) is 8.08. The van der Waals surface area contributed by atoms with Crippen LogP contribution in [0.25, 0.3) is 0 Å². The van der Waals surface area contributed by atoms with Gasteiger partial charge in [-0.1, -0.05) is 58.4 Å². The van der Waals surface area contributed by atoms with Gasteiger partial charge in [0.15, 0.2) is 0 Å². The van der Waals surface area contributed by atoms with Crippen molar-refractivity contribution in [3.05, 3.63) is 70.2 Å². The predicted molar refractivity (Wildman–Crippen MR) is 113 cm³/mol. The molecular weight excluding hydrogens is 416 g/mol. The van der Waals surface area contributed by atoms with Crippen LogP contribution in [-0.4, -0.2) is 41.2 Å². The summed E-state index contributed by atoms with van der Waals surface area (Å²) < 4.78 is 1.09. The highest BCUT2D eigenvalue weighted by Crippen LogP contribution is 2.31. The molecule has 2 aliphatic rings. The van der Waals surface area contributed by atoms with Crippen LogP contribution in [0.4, 0.5) is 0 Å². The van der Waals surface area contributed by atoms with Crippen LogP contribution in [0.3, 0.4) is 0 Å². The first-order valence-electron chi connectivity index (χ1n) is 9.89. The standard InChI is InChI=1S/C23H25BrN2O2/c1-16(19-7-3-2-4-8-19)26-15-20(12-22(26)27)23(28)25-13-18(14-25)10-17-6-5-9-21(24)11-17/h2-9,11,16,18,20H,10,12-15H2,1H3. The molecule has 2 aliphatic heterocycles. The van der Waals surface area contributed by atoms with Gasteiger partial charge < -0.3 is 9.80 Å². The first-order chi connectivity index (χ1) is 13.5. The van der Waals surface area contributed by atoms with Crippen molar-refractivity contribution in [1.82, 2.24) is 9.80 Å². The molecule has 146 valence electrons. The van der Waals surface area contributed by atoms with E-state index in [0.29, 0.717) is 18.9 Å². The van der Waals surface area contributed by atoms with Crippen molar-refractivity contribution in [1.29, 1.82) is 0 Å². The quantitative estimate of drug-likeness (QED) is 0.702. The second-order valence-electron chi connectivity index (χ2n) is 7.98. The van der Waals surface area contributed by atoms with Gasteiger partial charge in [-0.3, -0.25) is 9.59 Å². The molecule has 0 N–H and O–H groups in total. The van der Waals surface area contributed by atoms with Crippen LogP contribution >= 0.6 is 15.9 Å². The molecule has 28 heavy (non-hydrogen) atoms. The predicted octanol–water partition coefficient (Wildman–Crippen LogP) is 4.06. The van der Waals surface area contributed by atoms with Crippen molar-refractivity contribution in [2.24, 2.45) is 11.8 Å². The first kappa shape index (κ1) is 19.2. The van der Waals surface area contributed by atoms with Gasteiger partial charge in [0.1, 0.15) is 0 Å². The minimum atomic E-state index is -0.203. The molecule has 2 aromatic carbocycles. The van der Waals surface area contributed by atoms with Crippen LogP contribution in [0, 0.1) is 11.8 Å². The summed E-state index contributed by atoms with van der Waals surface area (Å²) in [7, 11) is 0. The third-order valence-electron chi connectivity index (χ3n) is 5.94. The van der Waals surface area contributed by atoms with E-state index in [-0.39, 0.29) is 23.8 Å². The van der Waals surface area contributed by atoms with E-state index >= 15 is 0 Å². The van der Waals surface area contributed by atoms with Gasteiger partial charge in [0.05, 0.1) is 12.0 Å². The van der Waals surface area contributed by atoms with E-state index in [1.54, 1.807) is 0 Å². The van der Waals surface area contributed by atoms with Crippen molar-refractivity contribution >= 4 is 27.7 Å². The number of amides is 2. The molecule has 2 aromatic rings. The molecule has 4 nitrogen and oxygen atoms in total. The van der Waals surface area contributed by atoms with Crippen molar-refractivity contribution < 1.29 is 9.59 Å². The summed E-state index contributed by atoms with van der Waals surface area (Å²) in [4.78, 5) is 29.2. The molecule has 2 atom stereocenters. The first-order valence-corrected chi connectivity index (χ1v) is 10.7. The van der Waals surface area contributed by atoms with Gasteiger partial charge in [0.2, 0.25) is 11.8 Å². The number of carbonyl (C=O) groups excluding carboxylic acids is 2. The van der Waals surface area contributed by atoms with Crippen LogP contribution in [0.2, 0.25) is 0 Å². The molecule has 0 aromatic heterocycles. The fourth-order valence-electron chi connectivity index (χ4n) is 4.32. The average Bonchev–Trinajstić information content (AvgIpc) is 3.06. The summed E-state index contributed by atoms with van der Waals surface area (Å²) in [5, 5.41) is 0. The Balaban J connectivity index is 1.31. The summed E-state index contributed by atoms with van der Waals surface area (Å²) in [6.07, 6.45) is 1.33. The van der Waals surface area contributed by atoms with Crippen LogP contribution < -0.4 is 0 Å². The highest BCUT2D eigenvalue weighted by atomic mass is 79.9. The maximum atomic E-state index is 12.9. The van der Waals surface area contributed by atoms with E-state index in [2.05, 4.69) is 28.1 Å². The smallest absolute Gasteiger partial charge is 0.228 e. The lowest BCUT2D eigenvalue weighted by molar-refractivity contribution is -0.142. The number of hydrogen-bond acceptors (Lipinski definition) is 2. The molecule has 0 radical (unpaired) electrons. The van der Waals surface area contributed by atoms with E-state index < -0.39 is 0 Å². The zero-order valence-corrected chi connectivity index (χ0v) is 17.6. The Morgan fingerprint density at radius 2 is 1.86 bits per heavy atom. The maximum absolute atomic E-state index is 12.9. The largest absolute Gasteiger partial charge is 0.342 e. The van der Waals surface area contributed by atoms with Crippen molar-refractivity contribution in [2.45, 2.75) is 25.8 Å². The van der Waals surface area contributed by atoms with Gasteiger partial charge in [0.25, 0.3) is 0 Å². The molecular formula is C23H25BrN2O2. The van der Waals surface area contributed by atoms with Gasteiger partial charge >= 0.3 is 0 Å². The number of halogens is 1. The lowest BCUT2D eigenvalue weighted by atomic mass is 9.90. The van der Waals surface area contributed by atoms with Gasteiger partial charge in [0, 0.05) is 30.5 Å². The Morgan fingerprint density at radius 3 is 2.57 bits per heavy atom. The molecule has 0 bridgehead atoms. The lowest BCUT2D eigenvalue weighted by Gasteiger charge is -2.40. The van der Waals surface area contributed by atoms with Gasteiger partial charge in [-0.25, -0.2) is 0 Å². The summed E-state index contributed by atoms with van der Waals surface area (Å²) in [5.41, 5.74) is 2.41. The molecule has 5 heteroatoms. The highest BCUT2D eigenvalue weighted by molar-refractivity contribution is 9.10. The second-order valence-corrected chi connectivity index (χ2v) is 8.89. The monoisotopic (exact) mass is 440 g/mol. The molecule has 0 spiro atoms. The lowest BCUT2D eigenvalue weighted by Crippen LogP contribution is -2.53. The summed E-state index contributed by atoms with van der Waals surface area (Å²) in [6.45, 7) is 4.16. The van der Waals surface area contributed by atoms with E-state index in [9.17, 15) is 9.59 Å². The third-order valence-corrected chi connectivity index (χ3v) is 6.43. The minimum Gasteiger partial charge on any atom is -0.342 e. The van der Waals surface area contributed by atoms with Crippen molar-refractivity contribution in [3.63, 3.8) is 0 Å². The minimum absolute atomic E-state index is 0.00664. The zero-order valence-electron chi connectivity index (χ0n) is 16.1. The Hall–Kier alpha value is -2.14. The summed E-state index contributed by atoms with van der Waals surface area (Å²) in [6, 6.07) is 18.4. The Bertz CT molecular complexity index is 864. The molecule has 2 saturated heterocycles. The molecule has 4 rings (SSSR count). The maximum Gasteiger partial charge on any atom is 0.228 e. The Kier molecular flexibility index (Phi) is 5.54. The van der Waals surface area contributed by atoms with Crippen LogP contribution in [-0.2, 0) is 16.0 Å². The molecule has 0 saturated carbocycles. The molecule has 2 fully saturated rings. The number of nitrogens with zero attached hydrogens (tertiary/aromatic N) is 2. The molecule has 2 unspecified atom stereocenters. The summed E-state index contributed by atoms with van der Waals surface area (Å²) >= 11 is 3.51.